The highest BCUT2D eigenvalue weighted by atomic mass is 32.3. The van der Waals surface area contributed by atoms with Crippen LogP contribution in [0.4, 0.5) is 0 Å². The first-order valence-corrected chi connectivity index (χ1v) is 18.2. The van der Waals surface area contributed by atoms with Gasteiger partial charge in [0.15, 0.2) is 24.3 Å². The molecule has 0 amide bonds. The SMILES string of the molecule is CC(=O)O[C@H](CCCC(S(=O)(=O)c1ccccc1)S(=O)(=O)c1ccccc1)C1=C[C@H](O[C@@H]2C[C@H](C)CC[C@H]2C(C)C)OC1=O. The van der Waals surface area contributed by atoms with E-state index in [0.29, 0.717) is 17.8 Å². The number of rotatable bonds is 13. The molecule has 5 atom stereocenters. The van der Waals surface area contributed by atoms with E-state index in [1.807, 2.05) is 0 Å². The summed E-state index contributed by atoms with van der Waals surface area (Å²) in [5, 5.41) is 0. The van der Waals surface area contributed by atoms with E-state index in [4.69, 9.17) is 14.2 Å². The monoisotopic (exact) mass is 646 g/mol. The molecule has 1 fully saturated rings. The lowest BCUT2D eigenvalue weighted by atomic mass is 9.75. The first-order chi connectivity index (χ1) is 20.8. The number of carbonyl (C=O) groups excluding carboxylic acids is 2. The van der Waals surface area contributed by atoms with Gasteiger partial charge in [-0.15, -0.1) is 0 Å². The van der Waals surface area contributed by atoms with Gasteiger partial charge in [-0.3, -0.25) is 4.79 Å². The van der Waals surface area contributed by atoms with E-state index < -0.39 is 48.6 Å². The molecule has 1 aliphatic carbocycles. The molecule has 11 heteroatoms. The van der Waals surface area contributed by atoms with Crippen LogP contribution in [0.25, 0.3) is 0 Å². The highest BCUT2D eigenvalue weighted by Gasteiger charge is 2.41. The van der Waals surface area contributed by atoms with Gasteiger partial charge in [-0.05, 0) is 80.2 Å². The molecule has 0 N–H and O–H groups in total. The fraction of sp³-hybridized carbons (Fsp3) is 0.515. The number of hydrogen-bond donors (Lipinski definition) is 0. The van der Waals surface area contributed by atoms with Crippen LogP contribution >= 0.6 is 0 Å². The summed E-state index contributed by atoms with van der Waals surface area (Å²) < 4.78 is 70.2. The average molecular weight is 647 g/mol. The summed E-state index contributed by atoms with van der Waals surface area (Å²) in [7, 11) is -8.64. The zero-order valence-electron chi connectivity index (χ0n) is 25.6. The second kappa shape index (κ2) is 14.4. The van der Waals surface area contributed by atoms with Crippen molar-refractivity contribution in [2.45, 2.75) is 99.1 Å². The van der Waals surface area contributed by atoms with Gasteiger partial charge >= 0.3 is 11.9 Å². The molecule has 0 spiro atoms. The second-order valence-corrected chi connectivity index (χ2v) is 16.6. The molecule has 240 valence electrons. The Bertz CT molecular complexity index is 1460. The molecule has 4 rings (SSSR count). The summed E-state index contributed by atoms with van der Waals surface area (Å²) in [6, 6.07) is 14.9. The van der Waals surface area contributed by atoms with Gasteiger partial charge in [-0.25, -0.2) is 21.6 Å². The molecule has 1 heterocycles. The molecule has 0 saturated heterocycles. The molecular formula is C33H42O9S2. The molecule has 9 nitrogen and oxygen atoms in total. The second-order valence-electron chi connectivity index (χ2n) is 12.1. The normalized spacial score (nSPS) is 23.3. The zero-order valence-corrected chi connectivity index (χ0v) is 27.3. The fourth-order valence-corrected chi connectivity index (χ4v) is 10.8. The maximum absolute atomic E-state index is 13.7. The van der Waals surface area contributed by atoms with E-state index in [9.17, 15) is 26.4 Å². The maximum atomic E-state index is 13.7. The molecule has 2 aromatic carbocycles. The number of esters is 2. The molecular weight excluding hydrogens is 604 g/mol. The van der Waals surface area contributed by atoms with Crippen molar-refractivity contribution in [1.82, 2.24) is 0 Å². The van der Waals surface area contributed by atoms with Crippen LogP contribution in [0.15, 0.2) is 82.1 Å². The maximum Gasteiger partial charge on any atom is 0.340 e. The minimum atomic E-state index is -4.32. The average Bonchev–Trinajstić information content (AvgIpc) is 3.34. The predicted molar refractivity (Wildman–Crippen MR) is 165 cm³/mol. The van der Waals surface area contributed by atoms with E-state index in [0.717, 1.165) is 19.3 Å². The Hall–Kier alpha value is -3.02. The van der Waals surface area contributed by atoms with Crippen molar-refractivity contribution in [3.63, 3.8) is 0 Å². The van der Waals surface area contributed by atoms with Crippen LogP contribution in [0.1, 0.15) is 66.2 Å². The summed E-state index contributed by atoms with van der Waals surface area (Å²) >= 11 is 0. The highest BCUT2D eigenvalue weighted by Crippen LogP contribution is 2.37. The van der Waals surface area contributed by atoms with E-state index >= 15 is 0 Å². The van der Waals surface area contributed by atoms with Crippen LogP contribution in [-0.2, 0) is 43.5 Å². The molecule has 0 unspecified atom stereocenters. The van der Waals surface area contributed by atoms with Crippen LogP contribution in [-0.4, -0.2) is 51.9 Å². The Morgan fingerprint density at radius 2 is 1.48 bits per heavy atom. The molecule has 1 aliphatic heterocycles. The largest absolute Gasteiger partial charge is 0.457 e. The smallest absolute Gasteiger partial charge is 0.340 e. The molecule has 2 aliphatic rings. The Morgan fingerprint density at radius 3 is 2.00 bits per heavy atom. The summed E-state index contributed by atoms with van der Waals surface area (Å²) in [4.78, 5) is 24.8. The molecule has 0 radical (unpaired) electrons. The first kappa shape index (κ1) is 33.9. The van der Waals surface area contributed by atoms with Gasteiger partial charge in [0.1, 0.15) is 6.10 Å². The van der Waals surface area contributed by atoms with Crippen LogP contribution in [0.3, 0.4) is 0 Å². The van der Waals surface area contributed by atoms with Crippen LogP contribution in [0.2, 0.25) is 0 Å². The molecule has 44 heavy (non-hydrogen) atoms. The van der Waals surface area contributed by atoms with E-state index in [1.54, 1.807) is 12.1 Å². The van der Waals surface area contributed by atoms with Crippen LogP contribution in [0.5, 0.6) is 0 Å². The van der Waals surface area contributed by atoms with E-state index in [-0.39, 0.29) is 40.7 Å². The highest BCUT2D eigenvalue weighted by molar-refractivity contribution is 8.09. The van der Waals surface area contributed by atoms with E-state index in [1.165, 1.54) is 61.5 Å². The van der Waals surface area contributed by atoms with Crippen molar-refractivity contribution < 1.29 is 40.6 Å². The van der Waals surface area contributed by atoms with Gasteiger partial charge in [0.05, 0.1) is 21.5 Å². The number of carbonyl (C=O) groups is 2. The zero-order chi connectivity index (χ0) is 32.1. The van der Waals surface area contributed by atoms with Crippen molar-refractivity contribution in [2.75, 3.05) is 0 Å². The number of hydrogen-bond acceptors (Lipinski definition) is 9. The summed E-state index contributed by atoms with van der Waals surface area (Å²) in [6.45, 7) is 7.69. The lowest BCUT2D eigenvalue weighted by Gasteiger charge is -2.37. The Morgan fingerprint density at radius 1 is 0.909 bits per heavy atom. The molecule has 0 aromatic heterocycles. The van der Waals surface area contributed by atoms with Crippen molar-refractivity contribution in [3.8, 4) is 0 Å². The minimum absolute atomic E-state index is 0.00738. The van der Waals surface area contributed by atoms with Crippen LogP contribution < -0.4 is 0 Å². The standard InChI is InChI=1S/C33H42O9S2/c1-22(2)27-19-18-23(3)20-30(27)41-31-21-28(33(35)42-31)29(40-24(4)34)16-11-17-32(43(36,37)25-12-7-5-8-13-25)44(38,39)26-14-9-6-10-15-26/h5-10,12-15,21-23,27,29-32H,11,16-20H2,1-4H3/t23-,27+,29-,30-,31-/m1/s1. The lowest BCUT2D eigenvalue weighted by molar-refractivity contribution is -0.179. The van der Waals surface area contributed by atoms with Crippen LogP contribution in [0, 0.1) is 17.8 Å². The first-order valence-electron chi connectivity index (χ1n) is 15.1. The molecule has 2 aromatic rings. The van der Waals surface area contributed by atoms with E-state index in [2.05, 4.69) is 20.8 Å². The van der Waals surface area contributed by atoms with Gasteiger partial charge in [-0.2, -0.15) is 0 Å². The quantitative estimate of drug-likeness (QED) is 0.254. The van der Waals surface area contributed by atoms with Crippen molar-refractivity contribution in [2.24, 2.45) is 17.8 Å². The number of ether oxygens (including phenoxy) is 3. The Balaban J connectivity index is 1.55. The lowest BCUT2D eigenvalue weighted by Crippen LogP contribution is -2.36. The topological polar surface area (TPSA) is 130 Å². The number of benzene rings is 2. The Labute approximate surface area is 260 Å². The third-order valence-corrected chi connectivity index (χ3v) is 13.7. The van der Waals surface area contributed by atoms with Gasteiger partial charge in [0.2, 0.25) is 6.29 Å². The number of sulfone groups is 2. The minimum Gasteiger partial charge on any atom is -0.457 e. The Kier molecular flexibility index (Phi) is 11.1. The van der Waals surface area contributed by atoms with Gasteiger partial charge in [-0.1, -0.05) is 63.6 Å². The predicted octanol–water partition coefficient (Wildman–Crippen LogP) is 5.65. The van der Waals surface area contributed by atoms with Crippen molar-refractivity contribution >= 4 is 31.6 Å². The van der Waals surface area contributed by atoms with Gasteiger partial charge < -0.3 is 14.2 Å². The summed E-state index contributed by atoms with van der Waals surface area (Å²) in [6.07, 6.45) is 2.17. The molecule has 0 bridgehead atoms. The third-order valence-electron chi connectivity index (χ3n) is 8.44. The fourth-order valence-electron chi connectivity index (χ4n) is 6.12. The number of cyclic esters (lactones) is 1. The summed E-state index contributed by atoms with van der Waals surface area (Å²) in [5.74, 6) is -0.122. The van der Waals surface area contributed by atoms with Gasteiger partial charge in [0, 0.05) is 6.92 Å². The third kappa shape index (κ3) is 7.97. The summed E-state index contributed by atoms with van der Waals surface area (Å²) in [5.41, 5.74) is 0.100. The van der Waals surface area contributed by atoms with Crippen molar-refractivity contribution in [3.05, 3.63) is 72.3 Å². The molecule has 1 saturated carbocycles. The van der Waals surface area contributed by atoms with Gasteiger partial charge in [0.25, 0.3) is 0 Å². The van der Waals surface area contributed by atoms with Crippen molar-refractivity contribution in [1.29, 1.82) is 0 Å².